The summed E-state index contributed by atoms with van der Waals surface area (Å²) >= 11 is 0. The number of hydrogen-bond acceptors (Lipinski definition) is 4. The molecule has 0 radical (unpaired) electrons. The molecule has 23 heavy (non-hydrogen) atoms. The predicted octanol–water partition coefficient (Wildman–Crippen LogP) is 4.44. The highest BCUT2D eigenvalue weighted by Crippen LogP contribution is 2.23. The lowest BCUT2D eigenvalue weighted by molar-refractivity contribution is 0.628. The largest absolute Gasteiger partial charge is 0.342 e. The van der Waals surface area contributed by atoms with Crippen LogP contribution in [0.2, 0.25) is 0 Å². The van der Waals surface area contributed by atoms with Crippen molar-refractivity contribution in [2.24, 2.45) is 0 Å². The summed E-state index contributed by atoms with van der Waals surface area (Å²) in [5, 5.41) is 3.17. The summed E-state index contributed by atoms with van der Waals surface area (Å²) in [6.45, 7) is 2.03. The minimum absolute atomic E-state index is 0.254. The Bertz CT molecular complexity index is 785. The normalized spacial score (nSPS) is 10.4. The average molecular weight is 308 g/mol. The van der Waals surface area contributed by atoms with E-state index in [0.717, 1.165) is 17.1 Å². The van der Waals surface area contributed by atoms with Crippen LogP contribution in [0.15, 0.2) is 60.9 Å². The van der Waals surface area contributed by atoms with Crippen LogP contribution in [0, 0.1) is 12.7 Å². The van der Waals surface area contributed by atoms with E-state index in [1.54, 1.807) is 24.5 Å². The number of nitrogens with zero attached hydrogens (tertiary/aromatic N) is 3. The van der Waals surface area contributed by atoms with Gasteiger partial charge in [-0.05, 0) is 48.9 Å². The molecule has 0 saturated carbocycles. The smallest absolute Gasteiger partial charge is 0.227 e. The first-order valence-corrected chi connectivity index (χ1v) is 7.27. The Morgan fingerprint density at radius 2 is 1.65 bits per heavy atom. The fourth-order valence-electron chi connectivity index (χ4n) is 2.22. The zero-order chi connectivity index (χ0) is 16.2. The van der Waals surface area contributed by atoms with Gasteiger partial charge in [0.2, 0.25) is 5.95 Å². The summed E-state index contributed by atoms with van der Waals surface area (Å²) in [5.74, 6) is 0.281. The molecule has 4 nitrogen and oxygen atoms in total. The monoisotopic (exact) mass is 308 g/mol. The molecule has 5 heteroatoms. The number of aromatic nitrogens is 2. The molecule has 2 aromatic carbocycles. The maximum absolute atomic E-state index is 13.0. The van der Waals surface area contributed by atoms with E-state index >= 15 is 0 Å². The van der Waals surface area contributed by atoms with Gasteiger partial charge in [0.25, 0.3) is 0 Å². The van der Waals surface area contributed by atoms with Gasteiger partial charge in [0, 0.05) is 18.4 Å². The molecule has 0 amide bonds. The molecule has 0 saturated heterocycles. The summed E-state index contributed by atoms with van der Waals surface area (Å²) in [7, 11) is 1.89. The first-order valence-electron chi connectivity index (χ1n) is 7.27. The molecule has 0 unspecified atom stereocenters. The SMILES string of the molecule is Cc1cccc(Nc2ncc(N(C)c3ccc(F)cc3)cn2)c1. The van der Waals surface area contributed by atoms with E-state index in [9.17, 15) is 4.39 Å². The van der Waals surface area contributed by atoms with E-state index in [1.807, 2.05) is 43.1 Å². The van der Waals surface area contributed by atoms with Crippen LogP contribution < -0.4 is 10.2 Å². The highest BCUT2D eigenvalue weighted by atomic mass is 19.1. The average Bonchev–Trinajstić information content (AvgIpc) is 2.56. The molecule has 1 heterocycles. The molecule has 0 fully saturated rings. The molecule has 0 aliphatic heterocycles. The number of aryl methyl sites for hydroxylation is 1. The first-order chi connectivity index (χ1) is 11.1. The lowest BCUT2D eigenvalue weighted by Crippen LogP contribution is -2.10. The summed E-state index contributed by atoms with van der Waals surface area (Å²) in [5.41, 5.74) is 3.81. The Morgan fingerprint density at radius 1 is 0.957 bits per heavy atom. The highest BCUT2D eigenvalue weighted by Gasteiger charge is 2.06. The molecule has 116 valence electrons. The van der Waals surface area contributed by atoms with Gasteiger partial charge in [0.15, 0.2) is 0 Å². The van der Waals surface area contributed by atoms with Gasteiger partial charge in [-0.2, -0.15) is 0 Å². The Balaban J connectivity index is 1.75. The van der Waals surface area contributed by atoms with Gasteiger partial charge in [0.05, 0.1) is 18.1 Å². The minimum atomic E-state index is -0.254. The van der Waals surface area contributed by atoms with Crippen LogP contribution >= 0.6 is 0 Å². The molecular weight excluding hydrogens is 291 g/mol. The Kier molecular flexibility index (Phi) is 4.19. The summed E-state index contributed by atoms with van der Waals surface area (Å²) in [6.07, 6.45) is 3.46. The van der Waals surface area contributed by atoms with Crippen LogP contribution in [-0.2, 0) is 0 Å². The summed E-state index contributed by atoms with van der Waals surface area (Å²) in [4.78, 5) is 10.6. The Hall–Kier alpha value is -2.95. The zero-order valence-electron chi connectivity index (χ0n) is 13.0. The lowest BCUT2D eigenvalue weighted by atomic mass is 10.2. The third-order valence-electron chi connectivity index (χ3n) is 3.51. The number of anilines is 4. The topological polar surface area (TPSA) is 41.1 Å². The second-order valence-electron chi connectivity index (χ2n) is 5.29. The van der Waals surface area contributed by atoms with Crippen molar-refractivity contribution < 1.29 is 4.39 Å². The van der Waals surface area contributed by atoms with Gasteiger partial charge in [0.1, 0.15) is 5.82 Å². The lowest BCUT2D eigenvalue weighted by Gasteiger charge is -2.18. The molecule has 0 bridgehead atoms. The van der Waals surface area contributed by atoms with Crippen LogP contribution in [0.5, 0.6) is 0 Å². The maximum atomic E-state index is 13.0. The van der Waals surface area contributed by atoms with E-state index in [2.05, 4.69) is 15.3 Å². The summed E-state index contributed by atoms with van der Waals surface area (Å²) in [6, 6.07) is 14.3. The van der Waals surface area contributed by atoms with Crippen molar-refractivity contribution >= 4 is 23.0 Å². The molecule has 0 aliphatic rings. The molecule has 0 spiro atoms. The van der Waals surface area contributed by atoms with Crippen LogP contribution in [0.1, 0.15) is 5.56 Å². The van der Waals surface area contributed by atoms with E-state index in [1.165, 1.54) is 17.7 Å². The molecule has 1 N–H and O–H groups in total. The molecule has 0 aliphatic carbocycles. The number of hydrogen-bond donors (Lipinski definition) is 1. The van der Waals surface area contributed by atoms with E-state index in [0.29, 0.717) is 5.95 Å². The van der Waals surface area contributed by atoms with Gasteiger partial charge < -0.3 is 10.2 Å². The van der Waals surface area contributed by atoms with Gasteiger partial charge in [-0.15, -0.1) is 0 Å². The molecule has 1 aromatic heterocycles. The Morgan fingerprint density at radius 3 is 2.30 bits per heavy atom. The van der Waals surface area contributed by atoms with Gasteiger partial charge in [-0.25, -0.2) is 14.4 Å². The molecule has 3 aromatic rings. The number of rotatable bonds is 4. The van der Waals surface area contributed by atoms with Crippen LogP contribution in [0.25, 0.3) is 0 Å². The van der Waals surface area contributed by atoms with E-state index in [-0.39, 0.29) is 5.82 Å². The summed E-state index contributed by atoms with van der Waals surface area (Å²) < 4.78 is 13.0. The van der Waals surface area contributed by atoms with Crippen LogP contribution in [0.3, 0.4) is 0 Å². The van der Waals surface area contributed by atoms with Crippen LogP contribution in [0.4, 0.5) is 27.4 Å². The quantitative estimate of drug-likeness (QED) is 0.774. The minimum Gasteiger partial charge on any atom is -0.342 e. The fourth-order valence-corrected chi connectivity index (χ4v) is 2.22. The molecule has 0 atom stereocenters. The third kappa shape index (κ3) is 3.63. The van der Waals surface area contributed by atoms with Gasteiger partial charge >= 0.3 is 0 Å². The highest BCUT2D eigenvalue weighted by molar-refractivity contribution is 5.62. The number of benzene rings is 2. The van der Waals surface area contributed by atoms with Gasteiger partial charge in [-0.3, -0.25) is 0 Å². The maximum Gasteiger partial charge on any atom is 0.227 e. The zero-order valence-corrected chi connectivity index (χ0v) is 13.0. The Labute approximate surface area is 134 Å². The van der Waals surface area contributed by atoms with Gasteiger partial charge in [-0.1, -0.05) is 12.1 Å². The van der Waals surface area contributed by atoms with Crippen molar-refractivity contribution in [2.75, 3.05) is 17.3 Å². The van der Waals surface area contributed by atoms with Crippen molar-refractivity contribution in [1.29, 1.82) is 0 Å². The number of nitrogens with one attached hydrogen (secondary N) is 1. The van der Waals surface area contributed by atoms with Crippen molar-refractivity contribution in [1.82, 2.24) is 9.97 Å². The first kappa shape index (κ1) is 15.0. The predicted molar refractivity (Wildman–Crippen MR) is 91.0 cm³/mol. The molecule has 3 rings (SSSR count). The van der Waals surface area contributed by atoms with Crippen molar-refractivity contribution in [2.45, 2.75) is 6.92 Å². The van der Waals surface area contributed by atoms with Crippen molar-refractivity contribution in [3.63, 3.8) is 0 Å². The van der Waals surface area contributed by atoms with Crippen molar-refractivity contribution in [3.8, 4) is 0 Å². The van der Waals surface area contributed by atoms with Crippen LogP contribution in [-0.4, -0.2) is 17.0 Å². The van der Waals surface area contributed by atoms with Crippen molar-refractivity contribution in [3.05, 3.63) is 72.3 Å². The van der Waals surface area contributed by atoms with E-state index < -0.39 is 0 Å². The second kappa shape index (κ2) is 6.44. The fraction of sp³-hybridized carbons (Fsp3) is 0.111. The third-order valence-corrected chi connectivity index (χ3v) is 3.51. The van der Waals surface area contributed by atoms with E-state index in [4.69, 9.17) is 0 Å². The number of halogens is 1. The molecular formula is C18H17FN4. The standard InChI is InChI=1S/C18H17FN4/c1-13-4-3-5-15(10-13)22-18-20-11-17(12-21-18)23(2)16-8-6-14(19)7-9-16/h3-12H,1-2H3,(H,20,21,22). The second-order valence-corrected chi connectivity index (χ2v) is 5.29.